The number of amides is 1. The molecule has 0 aromatic heterocycles. The summed E-state index contributed by atoms with van der Waals surface area (Å²) in [6.07, 6.45) is 24.2. The SMILES string of the molecule is CC/C=C/CC/C=C/CC/C=C/C(O)C(COC1OC(CO)C(OC2OC(CO)C(O)C(O)C2O)C(O)C1O)NC(=O)CCCCCCCCC/C=C\C/C=C\CCCCCC. The predicted molar refractivity (Wildman–Crippen MR) is 240 cm³/mol. The van der Waals surface area contributed by atoms with Crippen LogP contribution in [0.2, 0.25) is 0 Å². The Hall–Kier alpha value is -2.31. The molecule has 0 aliphatic carbocycles. The number of allylic oxidation sites excluding steroid dienone is 9. The zero-order valence-electron chi connectivity index (χ0n) is 37.6. The number of aliphatic hydroxyl groups excluding tert-OH is 8. The lowest BCUT2D eigenvalue weighted by molar-refractivity contribution is -0.359. The molecule has 2 rings (SSSR count). The first-order chi connectivity index (χ1) is 30.1. The summed E-state index contributed by atoms with van der Waals surface area (Å²) in [5, 5.41) is 86.4. The van der Waals surface area contributed by atoms with E-state index in [0.29, 0.717) is 12.8 Å². The van der Waals surface area contributed by atoms with E-state index in [9.17, 15) is 45.6 Å². The van der Waals surface area contributed by atoms with Crippen LogP contribution in [-0.4, -0.2) is 140 Å². The minimum atomic E-state index is -1.79. The number of carbonyl (C=O) groups is 1. The largest absolute Gasteiger partial charge is 0.394 e. The Morgan fingerprint density at radius 3 is 1.74 bits per heavy atom. The second kappa shape index (κ2) is 35.0. The molecule has 0 bridgehead atoms. The summed E-state index contributed by atoms with van der Waals surface area (Å²) < 4.78 is 22.6. The first-order valence-corrected chi connectivity index (χ1v) is 23.5. The van der Waals surface area contributed by atoms with Crippen molar-refractivity contribution < 1.29 is 64.6 Å². The van der Waals surface area contributed by atoms with Crippen LogP contribution in [0.15, 0.2) is 60.8 Å². The van der Waals surface area contributed by atoms with Gasteiger partial charge in [-0.1, -0.05) is 126 Å². The Kier molecular flexibility index (Phi) is 31.5. The van der Waals surface area contributed by atoms with Crippen molar-refractivity contribution in [3.8, 4) is 0 Å². The van der Waals surface area contributed by atoms with E-state index in [0.717, 1.165) is 64.2 Å². The van der Waals surface area contributed by atoms with Crippen LogP contribution >= 0.6 is 0 Å². The number of nitrogens with one attached hydrogen (secondary N) is 1. The van der Waals surface area contributed by atoms with Crippen molar-refractivity contribution in [2.75, 3.05) is 19.8 Å². The molecule has 2 fully saturated rings. The van der Waals surface area contributed by atoms with E-state index < -0.39 is 86.8 Å². The van der Waals surface area contributed by atoms with E-state index in [-0.39, 0.29) is 18.9 Å². The van der Waals surface area contributed by atoms with Gasteiger partial charge in [-0.15, -0.1) is 0 Å². The van der Waals surface area contributed by atoms with Gasteiger partial charge in [0.15, 0.2) is 12.6 Å². The summed E-state index contributed by atoms with van der Waals surface area (Å²) >= 11 is 0. The third kappa shape index (κ3) is 22.5. The predicted octanol–water partition coefficient (Wildman–Crippen LogP) is 5.10. The first kappa shape index (κ1) is 55.8. The van der Waals surface area contributed by atoms with E-state index in [1.165, 1.54) is 44.9 Å². The Morgan fingerprint density at radius 2 is 1.13 bits per heavy atom. The normalized spacial score (nSPS) is 28.3. The van der Waals surface area contributed by atoms with Crippen molar-refractivity contribution in [1.29, 1.82) is 0 Å². The molecule has 0 saturated carbocycles. The molecule has 0 aromatic rings. The van der Waals surface area contributed by atoms with Crippen molar-refractivity contribution in [1.82, 2.24) is 5.32 Å². The van der Waals surface area contributed by atoms with Crippen LogP contribution in [0.3, 0.4) is 0 Å². The Balaban J connectivity index is 1.87. The van der Waals surface area contributed by atoms with Gasteiger partial charge in [0, 0.05) is 6.42 Å². The lowest BCUT2D eigenvalue weighted by Gasteiger charge is -2.46. The van der Waals surface area contributed by atoms with Crippen LogP contribution < -0.4 is 5.32 Å². The number of ether oxygens (including phenoxy) is 4. The standard InChI is InChI=1S/C48H83NO13/c1-3-5-7-9-11-13-15-16-17-18-19-20-21-22-24-26-28-30-32-40(53)49-36(37(52)31-29-27-25-23-14-12-10-8-6-4-2)35-59-47-45(58)43(56)46(39(34-51)61-47)62-48-44(57)42(55)41(54)38(33-50)60-48/h6,8,13-15,17-18,23,29,31,36-39,41-48,50-52,54-58H,3-5,7,9-12,16,19-22,24-28,30,32-35H2,1-2H3,(H,49,53)/b8-6+,15-13-,18-17-,23-14+,31-29+. The molecule has 62 heavy (non-hydrogen) atoms. The minimum Gasteiger partial charge on any atom is -0.394 e. The fraction of sp³-hybridized carbons (Fsp3) is 0.771. The van der Waals surface area contributed by atoms with Gasteiger partial charge >= 0.3 is 0 Å². The molecular formula is C48H83NO13. The molecule has 14 nitrogen and oxygen atoms in total. The number of rotatable bonds is 34. The second-order valence-electron chi connectivity index (χ2n) is 16.5. The van der Waals surface area contributed by atoms with Crippen molar-refractivity contribution in [3.05, 3.63) is 60.8 Å². The van der Waals surface area contributed by atoms with Crippen molar-refractivity contribution in [2.24, 2.45) is 0 Å². The van der Waals surface area contributed by atoms with E-state index >= 15 is 0 Å². The summed E-state index contributed by atoms with van der Waals surface area (Å²) in [5.41, 5.74) is 0. The molecule has 0 aromatic carbocycles. The number of hydrogen-bond donors (Lipinski definition) is 9. The summed E-state index contributed by atoms with van der Waals surface area (Å²) in [7, 11) is 0. The van der Waals surface area contributed by atoms with Crippen LogP contribution in [0.25, 0.3) is 0 Å². The molecule has 0 radical (unpaired) electrons. The second-order valence-corrected chi connectivity index (χ2v) is 16.5. The Labute approximate surface area is 371 Å². The fourth-order valence-corrected chi connectivity index (χ4v) is 7.30. The monoisotopic (exact) mass is 882 g/mol. The quantitative estimate of drug-likeness (QED) is 0.0304. The molecule has 2 aliphatic rings. The first-order valence-electron chi connectivity index (χ1n) is 23.5. The molecule has 1 amide bonds. The number of hydrogen-bond acceptors (Lipinski definition) is 13. The molecule has 0 spiro atoms. The van der Waals surface area contributed by atoms with Crippen molar-refractivity contribution in [2.45, 2.75) is 216 Å². The molecule has 2 saturated heterocycles. The smallest absolute Gasteiger partial charge is 0.220 e. The minimum absolute atomic E-state index is 0.258. The van der Waals surface area contributed by atoms with Gasteiger partial charge in [-0.05, 0) is 70.6 Å². The van der Waals surface area contributed by atoms with Gasteiger partial charge in [0.05, 0.1) is 32.0 Å². The summed E-state index contributed by atoms with van der Waals surface area (Å²) in [4.78, 5) is 13.1. The zero-order chi connectivity index (χ0) is 45.4. The van der Waals surface area contributed by atoms with Crippen LogP contribution in [0, 0.1) is 0 Å². The molecular weight excluding hydrogens is 799 g/mol. The van der Waals surface area contributed by atoms with Gasteiger partial charge in [-0.3, -0.25) is 4.79 Å². The van der Waals surface area contributed by atoms with E-state index in [2.05, 4.69) is 67.8 Å². The number of aliphatic hydroxyl groups is 8. The van der Waals surface area contributed by atoms with Gasteiger partial charge in [0.25, 0.3) is 0 Å². The van der Waals surface area contributed by atoms with Crippen LogP contribution in [0.5, 0.6) is 0 Å². The van der Waals surface area contributed by atoms with E-state index in [1.54, 1.807) is 6.08 Å². The highest BCUT2D eigenvalue weighted by Crippen LogP contribution is 2.30. The maximum atomic E-state index is 13.1. The van der Waals surface area contributed by atoms with Crippen LogP contribution in [0.4, 0.5) is 0 Å². The van der Waals surface area contributed by atoms with Crippen molar-refractivity contribution in [3.63, 3.8) is 0 Å². The third-order valence-electron chi connectivity index (χ3n) is 11.2. The third-order valence-corrected chi connectivity index (χ3v) is 11.2. The molecule has 12 atom stereocenters. The maximum absolute atomic E-state index is 13.1. The average molecular weight is 882 g/mol. The number of unbranched alkanes of at least 4 members (excludes halogenated alkanes) is 13. The van der Waals surface area contributed by atoms with E-state index in [4.69, 9.17) is 18.9 Å². The van der Waals surface area contributed by atoms with Gasteiger partial charge in [0.1, 0.15) is 48.8 Å². The Morgan fingerprint density at radius 1 is 0.597 bits per heavy atom. The molecule has 2 aliphatic heterocycles. The number of carbonyl (C=O) groups excluding carboxylic acids is 1. The highest BCUT2D eigenvalue weighted by Gasteiger charge is 2.50. The molecule has 2 heterocycles. The molecule has 12 unspecified atom stereocenters. The highest BCUT2D eigenvalue weighted by atomic mass is 16.7. The fourth-order valence-electron chi connectivity index (χ4n) is 7.30. The van der Waals surface area contributed by atoms with Crippen molar-refractivity contribution >= 4 is 5.91 Å². The zero-order valence-corrected chi connectivity index (χ0v) is 37.6. The lowest BCUT2D eigenvalue weighted by Crippen LogP contribution is -2.65. The highest BCUT2D eigenvalue weighted by molar-refractivity contribution is 5.76. The van der Waals surface area contributed by atoms with Gasteiger partial charge < -0.3 is 65.1 Å². The van der Waals surface area contributed by atoms with Gasteiger partial charge in [0.2, 0.25) is 5.91 Å². The maximum Gasteiger partial charge on any atom is 0.220 e. The van der Waals surface area contributed by atoms with Gasteiger partial charge in [-0.25, -0.2) is 0 Å². The summed E-state index contributed by atoms with van der Waals surface area (Å²) in [5.74, 6) is -0.268. The van der Waals surface area contributed by atoms with Gasteiger partial charge in [-0.2, -0.15) is 0 Å². The lowest BCUT2D eigenvalue weighted by atomic mass is 9.97. The summed E-state index contributed by atoms with van der Waals surface area (Å²) in [6, 6.07) is -0.941. The molecule has 9 N–H and O–H groups in total. The van der Waals surface area contributed by atoms with Crippen LogP contribution in [0.1, 0.15) is 142 Å². The summed E-state index contributed by atoms with van der Waals surface area (Å²) in [6.45, 7) is 2.58. The molecule has 358 valence electrons. The Bertz CT molecular complexity index is 1270. The average Bonchev–Trinajstić information content (AvgIpc) is 3.27. The molecule has 14 heteroatoms. The topological polar surface area (TPSA) is 228 Å². The van der Waals surface area contributed by atoms with Crippen LogP contribution in [-0.2, 0) is 23.7 Å². The van der Waals surface area contributed by atoms with E-state index in [1.807, 2.05) is 6.08 Å².